The van der Waals surface area contributed by atoms with Gasteiger partial charge in [-0.25, -0.2) is 0 Å². The lowest BCUT2D eigenvalue weighted by atomic mass is 9.89. The lowest BCUT2D eigenvalue weighted by Gasteiger charge is -2.16. The molecule has 0 aromatic heterocycles. The molecule has 5 heteroatoms. The first-order valence-electron chi connectivity index (χ1n) is 3.31. The minimum atomic E-state index is -1.12. The van der Waals surface area contributed by atoms with E-state index in [2.05, 4.69) is 0 Å². The van der Waals surface area contributed by atoms with Gasteiger partial charge in [-0.05, 0) is 13.8 Å². The number of rotatable bonds is 3. The van der Waals surface area contributed by atoms with Crippen LogP contribution in [0.2, 0.25) is 0 Å². The second-order valence-corrected chi connectivity index (χ2v) is 3.03. The molecule has 12 heavy (non-hydrogen) atoms. The summed E-state index contributed by atoms with van der Waals surface area (Å²) in [6.45, 7) is 2.85. The van der Waals surface area contributed by atoms with Gasteiger partial charge in [-0.2, -0.15) is 5.26 Å². The Kier molecular flexibility index (Phi) is 3.23. The highest BCUT2D eigenvalue weighted by Crippen LogP contribution is 2.19. The molecule has 0 atom stereocenters. The van der Waals surface area contributed by atoms with E-state index in [1.165, 1.54) is 20.0 Å². The number of nitrogens with zero attached hydrogens (tertiary/aromatic N) is 1. The fourth-order valence-electron chi connectivity index (χ4n) is 0.584. The van der Waals surface area contributed by atoms with Crippen molar-refractivity contribution >= 4 is 11.9 Å². The lowest BCUT2D eigenvalue weighted by Crippen LogP contribution is -2.31. The van der Waals surface area contributed by atoms with Gasteiger partial charge >= 0.3 is 5.97 Å². The Morgan fingerprint density at radius 1 is 1.58 bits per heavy atom. The first kappa shape index (κ1) is 10.4. The number of nitriles is 1. The number of carbonyl (C=O) groups is 2. The van der Waals surface area contributed by atoms with E-state index in [0.29, 0.717) is 0 Å². The van der Waals surface area contributed by atoms with Gasteiger partial charge < -0.3 is 5.11 Å². The van der Waals surface area contributed by atoms with Gasteiger partial charge in [0.2, 0.25) is 5.91 Å². The molecule has 2 N–H and O–H groups in total. The van der Waals surface area contributed by atoms with Crippen LogP contribution < -0.4 is 5.32 Å². The number of hydrogen-bond acceptors (Lipinski definition) is 3. The van der Waals surface area contributed by atoms with Gasteiger partial charge in [-0.15, -0.1) is 0 Å². The minimum absolute atomic E-state index is 0.199. The molecule has 0 aromatic carbocycles. The highest BCUT2D eigenvalue weighted by atomic mass is 16.4. The summed E-state index contributed by atoms with van der Waals surface area (Å²) in [5, 5.41) is 18.5. The number of carboxylic acids is 1. The van der Waals surface area contributed by atoms with Gasteiger partial charge in [0.15, 0.2) is 6.19 Å². The predicted octanol–water partition coefficient (Wildman–Crippen LogP) is 0.0846. The average Bonchev–Trinajstić information content (AvgIpc) is 1.85. The van der Waals surface area contributed by atoms with Gasteiger partial charge in [0.25, 0.3) is 0 Å². The van der Waals surface area contributed by atoms with E-state index in [9.17, 15) is 9.59 Å². The van der Waals surface area contributed by atoms with Crippen molar-refractivity contribution in [3.05, 3.63) is 0 Å². The quantitative estimate of drug-likeness (QED) is 0.463. The molecule has 0 fully saturated rings. The van der Waals surface area contributed by atoms with Crippen LogP contribution >= 0.6 is 0 Å². The van der Waals surface area contributed by atoms with Crippen LogP contribution in [0.1, 0.15) is 20.3 Å². The lowest BCUT2D eigenvalue weighted by molar-refractivity contribution is -0.149. The molecule has 0 heterocycles. The van der Waals surface area contributed by atoms with Gasteiger partial charge in [0.1, 0.15) is 0 Å². The second-order valence-electron chi connectivity index (χ2n) is 3.03. The number of amides is 1. The number of nitrogens with one attached hydrogen (secondary N) is 1. The van der Waals surface area contributed by atoms with Crippen molar-refractivity contribution in [2.45, 2.75) is 20.3 Å². The van der Waals surface area contributed by atoms with Crippen LogP contribution in [-0.4, -0.2) is 17.0 Å². The summed E-state index contributed by atoms with van der Waals surface area (Å²) < 4.78 is 0. The Morgan fingerprint density at radius 3 is 2.42 bits per heavy atom. The Balaban J connectivity index is 4.17. The summed E-state index contributed by atoms with van der Waals surface area (Å²) in [5.74, 6) is -1.64. The zero-order chi connectivity index (χ0) is 9.78. The molecule has 5 nitrogen and oxygen atoms in total. The Labute approximate surface area is 70.0 Å². The van der Waals surface area contributed by atoms with Crippen molar-refractivity contribution in [3.8, 4) is 6.19 Å². The second kappa shape index (κ2) is 3.72. The maximum atomic E-state index is 10.8. The molecule has 0 aliphatic carbocycles. The highest BCUT2D eigenvalue weighted by Gasteiger charge is 2.29. The van der Waals surface area contributed by atoms with E-state index < -0.39 is 17.3 Å². The number of hydrogen-bond donors (Lipinski definition) is 2. The van der Waals surface area contributed by atoms with Crippen molar-refractivity contribution in [1.29, 1.82) is 5.26 Å². The molecule has 0 aromatic rings. The molecule has 0 rings (SSSR count). The monoisotopic (exact) mass is 170 g/mol. The summed E-state index contributed by atoms with van der Waals surface area (Å²) in [6, 6.07) is 0. The predicted molar refractivity (Wildman–Crippen MR) is 39.8 cm³/mol. The summed E-state index contributed by atoms with van der Waals surface area (Å²) in [7, 11) is 0. The van der Waals surface area contributed by atoms with Crippen LogP contribution in [0, 0.1) is 16.9 Å². The van der Waals surface area contributed by atoms with E-state index in [1.54, 1.807) is 0 Å². The molecule has 0 radical (unpaired) electrons. The Bertz CT molecular complexity index is 240. The van der Waals surface area contributed by atoms with Crippen LogP contribution in [0.5, 0.6) is 0 Å². The molecular formula is C7H10N2O3. The summed E-state index contributed by atoms with van der Waals surface area (Å²) in [5.41, 5.74) is -1.12. The Hall–Kier alpha value is -1.57. The van der Waals surface area contributed by atoms with Crippen molar-refractivity contribution in [3.63, 3.8) is 0 Å². The Morgan fingerprint density at radius 2 is 2.08 bits per heavy atom. The summed E-state index contributed by atoms with van der Waals surface area (Å²) >= 11 is 0. The average molecular weight is 170 g/mol. The topological polar surface area (TPSA) is 90.2 Å². The van der Waals surface area contributed by atoms with Crippen LogP contribution in [0.15, 0.2) is 0 Å². The molecule has 66 valence electrons. The van der Waals surface area contributed by atoms with Crippen LogP contribution in [0.4, 0.5) is 0 Å². The first-order valence-corrected chi connectivity index (χ1v) is 3.31. The van der Waals surface area contributed by atoms with Crippen molar-refractivity contribution < 1.29 is 14.7 Å². The molecule has 0 aliphatic rings. The number of carboxylic acid groups (broad SMARTS) is 1. The third-order valence-electron chi connectivity index (χ3n) is 1.38. The molecule has 0 unspecified atom stereocenters. The zero-order valence-electron chi connectivity index (χ0n) is 6.92. The molecule has 1 amide bonds. The van der Waals surface area contributed by atoms with Crippen LogP contribution in [0.25, 0.3) is 0 Å². The normalized spacial score (nSPS) is 10.1. The number of aliphatic carboxylic acids is 1. The standard InChI is InChI=1S/C7H10N2O3/c1-7(2,6(11)12)3-5(10)9-4-8/h3H2,1-2H3,(H,9,10)(H,11,12). The van der Waals surface area contributed by atoms with E-state index in [-0.39, 0.29) is 6.42 Å². The van der Waals surface area contributed by atoms with Gasteiger partial charge in [-0.1, -0.05) is 0 Å². The van der Waals surface area contributed by atoms with Crippen molar-refractivity contribution in [2.75, 3.05) is 0 Å². The SMILES string of the molecule is CC(C)(CC(=O)NC#N)C(=O)O. The van der Waals surface area contributed by atoms with Gasteiger partial charge in [0.05, 0.1) is 5.41 Å². The molecule has 0 bridgehead atoms. The van der Waals surface area contributed by atoms with E-state index in [0.717, 1.165) is 0 Å². The maximum absolute atomic E-state index is 10.8. The first-order chi connectivity index (χ1) is 5.40. The van der Waals surface area contributed by atoms with Crippen molar-refractivity contribution in [1.82, 2.24) is 5.32 Å². The number of carbonyl (C=O) groups excluding carboxylic acids is 1. The molecule has 0 saturated carbocycles. The molecular weight excluding hydrogens is 160 g/mol. The minimum Gasteiger partial charge on any atom is -0.481 e. The summed E-state index contributed by atoms with van der Waals surface area (Å²) in [4.78, 5) is 21.3. The third kappa shape index (κ3) is 3.01. The van der Waals surface area contributed by atoms with Crippen molar-refractivity contribution in [2.24, 2.45) is 5.41 Å². The fraction of sp³-hybridized carbons (Fsp3) is 0.571. The zero-order valence-corrected chi connectivity index (χ0v) is 6.92. The molecule has 0 spiro atoms. The smallest absolute Gasteiger partial charge is 0.309 e. The van der Waals surface area contributed by atoms with Gasteiger partial charge in [-0.3, -0.25) is 14.9 Å². The fourth-order valence-corrected chi connectivity index (χ4v) is 0.584. The van der Waals surface area contributed by atoms with E-state index >= 15 is 0 Å². The highest BCUT2D eigenvalue weighted by molar-refractivity contribution is 5.85. The van der Waals surface area contributed by atoms with E-state index in [4.69, 9.17) is 10.4 Å². The van der Waals surface area contributed by atoms with Gasteiger partial charge in [0, 0.05) is 6.42 Å². The summed E-state index contributed by atoms with van der Waals surface area (Å²) in [6.07, 6.45) is 1.24. The molecule has 0 aliphatic heterocycles. The molecule has 0 saturated heterocycles. The van der Waals surface area contributed by atoms with Crippen LogP contribution in [-0.2, 0) is 9.59 Å². The third-order valence-corrected chi connectivity index (χ3v) is 1.38. The van der Waals surface area contributed by atoms with E-state index in [1.807, 2.05) is 5.32 Å². The maximum Gasteiger partial charge on any atom is 0.309 e. The van der Waals surface area contributed by atoms with Crippen LogP contribution in [0.3, 0.4) is 0 Å². The largest absolute Gasteiger partial charge is 0.481 e.